The van der Waals surface area contributed by atoms with E-state index < -0.39 is 35.5 Å². The Bertz CT molecular complexity index is 295. The van der Waals surface area contributed by atoms with Crippen molar-refractivity contribution in [2.45, 2.75) is 24.7 Å². The van der Waals surface area contributed by atoms with Crippen LogP contribution < -0.4 is 0 Å². The van der Waals surface area contributed by atoms with Gasteiger partial charge in [-0.2, -0.15) is 0 Å². The number of carbonyl (C=O) groups is 3. The zero-order valence-corrected chi connectivity index (χ0v) is 7.62. The Kier molecular flexibility index (Phi) is 3.90. The molecule has 0 radical (unpaired) electrons. The summed E-state index contributed by atoms with van der Waals surface area (Å²) in [6, 6.07) is 0. The van der Waals surface area contributed by atoms with Gasteiger partial charge in [0.1, 0.15) is 6.10 Å². The Hall–Kier alpha value is -1.51. The van der Waals surface area contributed by atoms with Crippen LogP contribution in [0.25, 0.3) is 0 Å². The van der Waals surface area contributed by atoms with Crippen molar-refractivity contribution in [3.63, 3.8) is 0 Å². The van der Waals surface area contributed by atoms with Gasteiger partial charge in [0, 0.05) is 0 Å². The summed E-state index contributed by atoms with van der Waals surface area (Å²) in [5.74, 6) is -6.04. The summed E-state index contributed by atoms with van der Waals surface area (Å²) in [4.78, 5) is 31.8. The van der Waals surface area contributed by atoms with E-state index in [0.29, 0.717) is 0 Å². The first-order valence-corrected chi connectivity index (χ1v) is 3.74. The first-order valence-electron chi connectivity index (χ1n) is 3.74. The molecule has 3 atom stereocenters. The molecule has 8 heteroatoms. The quantitative estimate of drug-likeness (QED) is 0.312. The van der Waals surface area contributed by atoms with Crippen molar-refractivity contribution in [1.29, 1.82) is 0 Å². The molecule has 0 saturated carbocycles. The molecule has 0 heterocycles. The van der Waals surface area contributed by atoms with Crippen molar-refractivity contribution < 1.29 is 39.9 Å². The van der Waals surface area contributed by atoms with E-state index in [0.717, 1.165) is 6.92 Å². The molecule has 0 aliphatic rings. The molecule has 0 aromatic carbocycles. The third-order valence-corrected chi connectivity index (χ3v) is 1.71. The number of Topliss-reactive ketones (excluding diaryl/α,β-unsaturated/α-hetero) is 1. The van der Waals surface area contributed by atoms with Crippen LogP contribution in [0.1, 0.15) is 6.92 Å². The monoisotopic (exact) mass is 222 g/mol. The molecule has 0 spiro atoms. The lowest BCUT2D eigenvalue weighted by atomic mass is 9.89. The lowest BCUT2D eigenvalue weighted by Gasteiger charge is -2.25. The first-order chi connectivity index (χ1) is 6.65. The van der Waals surface area contributed by atoms with E-state index in [4.69, 9.17) is 20.4 Å². The number of carboxylic acids is 2. The van der Waals surface area contributed by atoms with Crippen molar-refractivity contribution in [3.8, 4) is 0 Å². The average molecular weight is 222 g/mol. The molecule has 0 aromatic rings. The maximum Gasteiger partial charge on any atom is 0.347 e. The van der Waals surface area contributed by atoms with E-state index in [1.165, 1.54) is 0 Å². The van der Waals surface area contributed by atoms with Crippen LogP contribution in [0.15, 0.2) is 0 Å². The number of aliphatic hydroxyl groups excluding tert-OH is 2. The second kappa shape index (κ2) is 4.34. The summed E-state index contributed by atoms with van der Waals surface area (Å²) in [7, 11) is 0. The predicted octanol–water partition coefficient (Wildman–Crippen LogP) is -2.80. The Balaban J connectivity index is 5.34. The number of carbonyl (C=O) groups excluding carboxylic acids is 1. The minimum Gasteiger partial charge on any atom is -0.479 e. The summed E-state index contributed by atoms with van der Waals surface area (Å²) in [6.45, 7) is 0.838. The highest BCUT2D eigenvalue weighted by Crippen LogP contribution is 2.15. The number of ketones is 1. The molecule has 8 nitrogen and oxygen atoms in total. The second-order valence-corrected chi connectivity index (χ2v) is 2.85. The molecule has 0 aliphatic heterocycles. The van der Waals surface area contributed by atoms with E-state index >= 15 is 0 Å². The fraction of sp³-hybridized carbons (Fsp3) is 0.571. The molecular formula is C7H10O8. The molecule has 0 aromatic heterocycles. The van der Waals surface area contributed by atoms with Gasteiger partial charge >= 0.3 is 11.9 Å². The van der Waals surface area contributed by atoms with Crippen LogP contribution in [0.5, 0.6) is 0 Å². The summed E-state index contributed by atoms with van der Waals surface area (Å²) < 4.78 is 0. The lowest BCUT2D eigenvalue weighted by Crippen LogP contribution is -2.61. The normalized spacial score (nSPS) is 18.7. The molecule has 5 N–H and O–H groups in total. The molecule has 0 rings (SSSR count). The van der Waals surface area contributed by atoms with Gasteiger partial charge in [0.25, 0.3) is 5.60 Å². The minimum absolute atomic E-state index is 0.838. The zero-order valence-electron chi connectivity index (χ0n) is 7.62. The third kappa shape index (κ3) is 2.29. The van der Waals surface area contributed by atoms with Gasteiger partial charge < -0.3 is 25.5 Å². The Labute approximate surface area is 83.4 Å². The second-order valence-electron chi connectivity index (χ2n) is 2.85. The van der Waals surface area contributed by atoms with Crippen LogP contribution in [0, 0.1) is 0 Å². The molecule has 0 saturated heterocycles. The van der Waals surface area contributed by atoms with Crippen molar-refractivity contribution in [3.05, 3.63) is 0 Å². The standard InChI is InChI=1S/C7H10O8/c1-2(8)3(9)7(15,6(13)14)4(10)5(11)12/h2,4,8,10,15H,1H3,(H,11,12)(H,13,14). The van der Waals surface area contributed by atoms with Crippen LogP contribution in [0.4, 0.5) is 0 Å². The highest BCUT2D eigenvalue weighted by molar-refractivity contribution is 6.11. The van der Waals surface area contributed by atoms with Gasteiger partial charge in [-0.15, -0.1) is 0 Å². The van der Waals surface area contributed by atoms with E-state index in [2.05, 4.69) is 0 Å². The largest absolute Gasteiger partial charge is 0.479 e. The molecular weight excluding hydrogens is 212 g/mol. The fourth-order valence-electron chi connectivity index (χ4n) is 0.854. The highest BCUT2D eigenvalue weighted by Gasteiger charge is 2.55. The van der Waals surface area contributed by atoms with E-state index in [-0.39, 0.29) is 0 Å². The summed E-state index contributed by atoms with van der Waals surface area (Å²) in [6.07, 6.45) is -4.77. The molecule has 15 heavy (non-hydrogen) atoms. The molecule has 0 bridgehead atoms. The Morgan fingerprint density at radius 1 is 1.13 bits per heavy atom. The molecule has 3 unspecified atom stereocenters. The Morgan fingerprint density at radius 2 is 1.53 bits per heavy atom. The number of aliphatic hydroxyl groups is 3. The maximum absolute atomic E-state index is 11.0. The van der Waals surface area contributed by atoms with Gasteiger partial charge in [0.2, 0.25) is 5.78 Å². The lowest BCUT2D eigenvalue weighted by molar-refractivity contribution is -0.189. The third-order valence-electron chi connectivity index (χ3n) is 1.71. The van der Waals surface area contributed by atoms with Crippen molar-refractivity contribution in [2.24, 2.45) is 0 Å². The fourth-order valence-corrected chi connectivity index (χ4v) is 0.854. The molecule has 86 valence electrons. The van der Waals surface area contributed by atoms with Gasteiger partial charge in [-0.1, -0.05) is 0 Å². The van der Waals surface area contributed by atoms with E-state index in [1.807, 2.05) is 0 Å². The summed E-state index contributed by atoms with van der Waals surface area (Å²) >= 11 is 0. The number of hydrogen-bond acceptors (Lipinski definition) is 6. The molecule has 0 fully saturated rings. The summed E-state index contributed by atoms with van der Waals surface area (Å²) in [5, 5.41) is 43.6. The van der Waals surface area contributed by atoms with Gasteiger partial charge in [0.15, 0.2) is 6.10 Å². The van der Waals surface area contributed by atoms with Crippen LogP contribution in [0.2, 0.25) is 0 Å². The van der Waals surface area contributed by atoms with Crippen molar-refractivity contribution >= 4 is 17.7 Å². The highest BCUT2D eigenvalue weighted by atomic mass is 16.4. The van der Waals surface area contributed by atoms with Crippen molar-refractivity contribution in [2.75, 3.05) is 0 Å². The van der Waals surface area contributed by atoms with Gasteiger partial charge in [-0.3, -0.25) is 4.79 Å². The van der Waals surface area contributed by atoms with Crippen LogP contribution in [-0.2, 0) is 14.4 Å². The maximum atomic E-state index is 11.0. The predicted molar refractivity (Wildman–Crippen MR) is 42.9 cm³/mol. The molecule has 0 aliphatic carbocycles. The van der Waals surface area contributed by atoms with Crippen LogP contribution in [-0.4, -0.2) is 61.1 Å². The summed E-state index contributed by atoms with van der Waals surface area (Å²) in [5.41, 5.74) is -3.56. The smallest absolute Gasteiger partial charge is 0.347 e. The topological polar surface area (TPSA) is 152 Å². The number of rotatable bonds is 5. The van der Waals surface area contributed by atoms with Crippen molar-refractivity contribution in [1.82, 2.24) is 0 Å². The zero-order chi connectivity index (χ0) is 12.4. The van der Waals surface area contributed by atoms with Gasteiger partial charge in [0.05, 0.1) is 0 Å². The number of hydrogen-bond donors (Lipinski definition) is 5. The van der Waals surface area contributed by atoms with Gasteiger partial charge in [-0.05, 0) is 6.92 Å². The average Bonchev–Trinajstić information content (AvgIpc) is 2.13. The SMILES string of the molecule is CC(O)C(=O)C(O)(C(=O)O)C(O)C(=O)O. The van der Waals surface area contributed by atoms with E-state index in [9.17, 15) is 19.5 Å². The number of carboxylic acid groups (broad SMARTS) is 2. The number of aliphatic carboxylic acids is 2. The first kappa shape index (κ1) is 13.5. The van der Waals surface area contributed by atoms with Crippen LogP contribution in [0.3, 0.4) is 0 Å². The van der Waals surface area contributed by atoms with Crippen LogP contribution >= 0.6 is 0 Å². The van der Waals surface area contributed by atoms with Gasteiger partial charge in [-0.25, -0.2) is 9.59 Å². The minimum atomic E-state index is -3.56. The van der Waals surface area contributed by atoms with E-state index in [1.54, 1.807) is 0 Å². The molecule has 0 amide bonds. The Morgan fingerprint density at radius 3 is 1.73 bits per heavy atom.